The van der Waals surface area contributed by atoms with E-state index in [0.29, 0.717) is 17.3 Å². The van der Waals surface area contributed by atoms with Crippen molar-refractivity contribution in [3.63, 3.8) is 0 Å². The van der Waals surface area contributed by atoms with Crippen molar-refractivity contribution in [2.75, 3.05) is 6.61 Å². The van der Waals surface area contributed by atoms with E-state index in [0.717, 1.165) is 34.9 Å². The molecule has 0 fully saturated rings. The summed E-state index contributed by atoms with van der Waals surface area (Å²) in [7, 11) is 0. The second-order valence-electron chi connectivity index (χ2n) is 3.53. The maximum atomic E-state index is 10.8. The van der Waals surface area contributed by atoms with Crippen molar-refractivity contribution < 1.29 is 9.53 Å². The van der Waals surface area contributed by atoms with Gasteiger partial charge in [-0.1, -0.05) is 11.6 Å². The minimum Gasteiger partial charge on any atom is -0.493 e. The predicted octanol–water partition coefficient (Wildman–Crippen LogP) is 2.57. The monoisotopic (exact) mass is 221 g/mol. The molecule has 0 spiro atoms. The maximum absolute atomic E-state index is 10.8. The quantitative estimate of drug-likeness (QED) is 0.752. The Kier molecular flexibility index (Phi) is 1.76. The van der Waals surface area contributed by atoms with Crippen molar-refractivity contribution in [2.45, 2.75) is 6.42 Å². The molecule has 3 rings (SSSR count). The molecule has 4 heteroatoms. The second kappa shape index (κ2) is 3.00. The molecule has 15 heavy (non-hydrogen) atoms. The summed E-state index contributed by atoms with van der Waals surface area (Å²) >= 11 is 6.06. The van der Waals surface area contributed by atoms with Crippen LogP contribution in [0.3, 0.4) is 0 Å². The highest BCUT2D eigenvalue weighted by Gasteiger charge is 2.19. The van der Waals surface area contributed by atoms with Gasteiger partial charge in [-0.15, -0.1) is 0 Å². The van der Waals surface area contributed by atoms with Gasteiger partial charge in [0.25, 0.3) is 0 Å². The largest absolute Gasteiger partial charge is 0.493 e. The highest BCUT2D eigenvalue weighted by Crippen LogP contribution is 2.36. The number of hydrogen-bond acceptors (Lipinski definition) is 2. The van der Waals surface area contributed by atoms with Crippen LogP contribution >= 0.6 is 11.6 Å². The molecule has 1 aliphatic heterocycles. The zero-order valence-corrected chi connectivity index (χ0v) is 8.60. The van der Waals surface area contributed by atoms with E-state index < -0.39 is 0 Å². The molecule has 0 radical (unpaired) electrons. The average molecular weight is 222 g/mol. The average Bonchev–Trinajstić information content (AvgIpc) is 2.82. The van der Waals surface area contributed by atoms with Crippen LogP contribution in [0.5, 0.6) is 5.75 Å². The van der Waals surface area contributed by atoms with Crippen molar-refractivity contribution in [3.05, 3.63) is 28.4 Å². The molecular formula is C11H8ClNO2. The summed E-state index contributed by atoms with van der Waals surface area (Å²) in [5, 5.41) is 1.39. The fourth-order valence-electron chi connectivity index (χ4n) is 2.02. The summed E-state index contributed by atoms with van der Waals surface area (Å²) in [4.78, 5) is 13.8. The number of rotatable bonds is 1. The molecule has 1 aromatic carbocycles. The third kappa shape index (κ3) is 1.10. The summed E-state index contributed by atoms with van der Waals surface area (Å²) in [5.74, 6) is 0.887. The minimum absolute atomic E-state index is 0.437. The van der Waals surface area contributed by atoms with Gasteiger partial charge >= 0.3 is 0 Å². The SMILES string of the molecule is O=Cc1[nH]c2c3c(ccc2c1Cl)OCC3. The number of halogens is 1. The van der Waals surface area contributed by atoms with Gasteiger partial charge in [-0.2, -0.15) is 0 Å². The van der Waals surface area contributed by atoms with E-state index in [1.807, 2.05) is 12.1 Å². The lowest BCUT2D eigenvalue weighted by Gasteiger charge is -1.98. The summed E-state index contributed by atoms with van der Waals surface area (Å²) in [5.41, 5.74) is 2.48. The molecule has 0 atom stereocenters. The van der Waals surface area contributed by atoms with Gasteiger partial charge in [0, 0.05) is 17.4 Å². The van der Waals surface area contributed by atoms with Crippen LogP contribution in [0.15, 0.2) is 12.1 Å². The first-order valence-corrected chi connectivity index (χ1v) is 5.10. The number of carbonyl (C=O) groups excluding carboxylic acids is 1. The number of carbonyl (C=O) groups is 1. The lowest BCUT2D eigenvalue weighted by atomic mass is 10.1. The van der Waals surface area contributed by atoms with Gasteiger partial charge in [-0.05, 0) is 12.1 Å². The number of aromatic amines is 1. The number of fused-ring (bicyclic) bond motifs is 3. The Morgan fingerprint density at radius 3 is 3.13 bits per heavy atom. The number of ether oxygens (including phenoxy) is 1. The van der Waals surface area contributed by atoms with Crippen LogP contribution in [0, 0.1) is 0 Å². The molecule has 0 bridgehead atoms. The van der Waals surface area contributed by atoms with Crippen LogP contribution in [0.25, 0.3) is 10.9 Å². The number of hydrogen-bond donors (Lipinski definition) is 1. The minimum atomic E-state index is 0.437. The van der Waals surface area contributed by atoms with Crippen LogP contribution in [-0.4, -0.2) is 17.9 Å². The third-order valence-electron chi connectivity index (χ3n) is 2.73. The van der Waals surface area contributed by atoms with Gasteiger partial charge in [-0.3, -0.25) is 4.79 Å². The van der Waals surface area contributed by atoms with Gasteiger partial charge < -0.3 is 9.72 Å². The van der Waals surface area contributed by atoms with Crippen molar-refractivity contribution in [1.82, 2.24) is 4.98 Å². The molecule has 2 aromatic rings. The standard InChI is InChI=1S/C11H8ClNO2/c12-10-7-1-2-9-6(3-4-15-9)11(7)13-8(10)5-14/h1-2,5,13H,3-4H2. The summed E-state index contributed by atoms with van der Waals surface area (Å²) < 4.78 is 5.44. The van der Waals surface area contributed by atoms with E-state index >= 15 is 0 Å². The Labute approximate surface area is 91.0 Å². The summed E-state index contributed by atoms with van der Waals surface area (Å²) in [6.07, 6.45) is 1.60. The Bertz CT molecular complexity index is 559. The van der Waals surface area contributed by atoms with E-state index in [-0.39, 0.29) is 0 Å². The van der Waals surface area contributed by atoms with E-state index in [4.69, 9.17) is 16.3 Å². The fraction of sp³-hybridized carbons (Fsp3) is 0.182. The van der Waals surface area contributed by atoms with Gasteiger partial charge in [0.05, 0.1) is 22.8 Å². The highest BCUT2D eigenvalue weighted by atomic mass is 35.5. The van der Waals surface area contributed by atoms with Gasteiger partial charge in [-0.25, -0.2) is 0 Å². The second-order valence-corrected chi connectivity index (χ2v) is 3.91. The third-order valence-corrected chi connectivity index (χ3v) is 3.14. The molecule has 1 aliphatic rings. The Balaban J connectivity index is 2.41. The number of H-pyrrole nitrogens is 1. The van der Waals surface area contributed by atoms with Crippen molar-refractivity contribution in [1.29, 1.82) is 0 Å². The zero-order valence-electron chi connectivity index (χ0n) is 7.84. The Morgan fingerprint density at radius 2 is 2.33 bits per heavy atom. The predicted molar refractivity (Wildman–Crippen MR) is 57.9 cm³/mol. The van der Waals surface area contributed by atoms with Crippen LogP contribution in [0.1, 0.15) is 16.1 Å². The highest BCUT2D eigenvalue weighted by molar-refractivity contribution is 6.38. The van der Waals surface area contributed by atoms with Gasteiger partial charge in [0.2, 0.25) is 0 Å². The van der Waals surface area contributed by atoms with Crippen molar-refractivity contribution >= 4 is 28.8 Å². The molecular weight excluding hydrogens is 214 g/mol. The molecule has 1 N–H and O–H groups in total. The van der Waals surface area contributed by atoms with Gasteiger partial charge in [0.1, 0.15) is 5.75 Å². The molecule has 0 saturated heterocycles. The number of aromatic nitrogens is 1. The lowest BCUT2D eigenvalue weighted by molar-refractivity contribution is 0.112. The van der Waals surface area contributed by atoms with Gasteiger partial charge in [0.15, 0.2) is 6.29 Å². The number of benzene rings is 1. The first kappa shape index (κ1) is 8.80. The van der Waals surface area contributed by atoms with E-state index in [1.165, 1.54) is 0 Å². The first-order chi connectivity index (χ1) is 7.31. The summed E-state index contributed by atoms with van der Waals surface area (Å²) in [6.45, 7) is 0.696. The zero-order chi connectivity index (χ0) is 10.4. The molecule has 76 valence electrons. The Morgan fingerprint density at radius 1 is 1.47 bits per heavy atom. The molecule has 3 nitrogen and oxygen atoms in total. The summed E-state index contributed by atoms with van der Waals surface area (Å²) in [6, 6.07) is 3.78. The topological polar surface area (TPSA) is 42.1 Å². The molecule has 0 aliphatic carbocycles. The van der Waals surface area contributed by atoms with E-state index in [1.54, 1.807) is 0 Å². The number of nitrogens with one attached hydrogen (secondary N) is 1. The molecule has 0 unspecified atom stereocenters. The van der Waals surface area contributed by atoms with Crippen molar-refractivity contribution in [3.8, 4) is 5.75 Å². The van der Waals surface area contributed by atoms with Crippen LogP contribution in [-0.2, 0) is 6.42 Å². The number of aldehydes is 1. The van der Waals surface area contributed by atoms with Crippen molar-refractivity contribution in [2.24, 2.45) is 0 Å². The molecule has 0 saturated carbocycles. The van der Waals surface area contributed by atoms with Crippen LogP contribution in [0.2, 0.25) is 5.02 Å². The lowest BCUT2D eigenvalue weighted by Crippen LogP contribution is -1.86. The molecule has 0 amide bonds. The van der Waals surface area contributed by atoms with Crippen LogP contribution < -0.4 is 4.74 Å². The van der Waals surface area contributed by atoms with E-state index in [2.05, 4.69) is 4.98 Å². The molecule has 2 heterocycles. The van der Waals surface area contributed by atoms with E-state index in [9.17, 15) is 4.79 Å². The Hall–Kier alpha value is -1.48. The first-order valence-electron chi connectivity index (χ1n) is 4.72. The maximum Gasteiger partial charge on any atom is 0.167 e. The molecule has 1 aromatic heterocycles. The fourth-order valence-corrected chi connectivity index (χ4v) is 2.27. The normalized spacial score (nSPS) is 13.9. The van der Waals surface area contributed by atoms with Crippen LogP contribution in [0.4, 0.5) is 0 Å². The smallest absolute Gasteiger partial charge is 0.167 e.